The molecule has 0 aliphatic rings. The molecular formula is C31H58N4O9. The average Bonchev–Trinajstić information content (AvgIpc) is 3.00. The molecule has 1 amide bonds. The van der Waals surface area contributed by atoms with Gasteiger partial charge in [0, 0.05) is 26.1 Å². The highest BCUT2D eigenvalue weighted by Crippen LogP contribution is 2.11. The van der Waals surface area contributed by atoms with Gasteiger partial charge < -0.3 is 54.7 Å². The summed E-state index contributed by atoms with van der Waals surface area (Å²) >= 11 is 0. The highest BCUT2D eigenvalue weighted by molar-refractivity contribution is 5.80. The van der Waals surface area contributed by atoms with Gasteiger partial charge in [-0.1, -0.05) is 24.6 Å². The number of nitrogens with one attached hydrogen (secondary N) is 1. The van der Waals surface area contributed by atoms with Gasteiger partial charge in [0.1, 0.15) is 0 Å². The normalized spacial score (nSPS) is 11.3. The highest BCUT2D eigenvalue weighted by Gasteiger charge is 1.98. The number of ether oxygens (including phenoxy) is 8. The molecule has 0 fully saturated rings. The summed E-state index contributed by atoms with van der Waals surface area (Å²) in [6, 6.07) is 7.93. The number of hydrogen-bond acceptors (Lipinski definition) is 11. The van der Waals surface area contributed by atoms with Gasteiger partial charge in [0.15, 0.2) is 0 Å². The number of amides is 1. The number of rotatable bonds is 29. The average molecular weight is 631 g/mol. The molecule has 0 aliphatic heterocycles. The number of amidine groups is 1. The zero-order chi connectivity index (χ0) is 32.4. The molecule has 0 aromatic heterocycles. The summed E-state index contributed by atoms with van der Waals surface area (Å²) in [5, 5.41) is 2.71. The summed E-state index contributed by atoms with van der Waals surface area (Å²) in [5.41, 5.74) is 12.8. The van der Waals surface area contributed by atoms with Crippen molar-refractivity contribution in [3.63, 3.8) is 0 Å². The van der Waals surface area contributed by atoms with Gasteiger partial charge >= 0.3 is 0 Å². The summed E-state index contributed by atoms with van der Waals surface area (Å²) in [6.07, 6.45) is 1.36. The third-order valence-electron chi connectivity index (χ3n) is 5.23. The first-order valence-electron chi connectivity index (χ1n) is 15.5. The fraction of sp³-hybridized carbons (Fsp3) is 0.742. The summed E-state index contributed by atoms with van der Waals surface area (Å²) in [4.78, 5) is 15.3. The summed E-state index contributed by atoms with van der Waals surface area (Å²) in [6.45, 7) is 15.4. The monoisotopic (exact) mass is 630 g/mol. The van der Waals surface area contributed by atoms with Crippen molar-refractivity contribution < 1.29 is 42.7 Å². The van der Waals surface area contributed by atoms with Gasteiger partial charge in [-0.2, -0.15) is 0 Å². The Kier molecular flexibility index (Phi) is 32.0. The number of hydrogen-bond donors (Lipinski definition) is 3. The van der Waals surface area contributed by atoms with E-state index in [-0.39, 0.29) is 5.91 Å². The molecule has 5 N–H and O–H groups in total. The van der Waals surface area contributed by atoms with Crippen LogP contribution in [0.3, 0.4) is 0 Å². The Hall–Kier alpha value is -2.20. The first-order chi connectivity index (χ1) is 21.5. The van der Waals surface area contributed by atoms with Crippen molar-refractivity contribution in [3.05, 3.63) is 29.8 Å². The summed E-state index contributed by atoms with van der Waals surface area (Å²) in [5.74, 6) is 0.534. The Morgan fingerprint density at radius 3 is 1.36 bits per heavy atom. The number of carbonyl (C=O) groups excluding carboxylic acids is 1. The Morgan fingerprint density at radius 2 is 1.02 bits per heavy atom. The largest absolute Gasteiger partial charge is 0.387 e. The van der Waals surface area contributed by atoms with E-state index in [4.69, 9.17) is 49.4 Å². The van der Waals surface area contributed by atoms with E-state index in [9.17, 15) is 4.79 Å². The SMILES string of the molecule is CC(N)=Nc1ccc(C)cc1.CCCOCCOCCOCCOCCOCCOCCOCCOCCNC(=O)CCN. The van der Waals surface area contributed by atoms with E-state index in [0.717, 1.165) is 18.7 Å². The van der Waals surface area contributed by atoms with Gasteiger partial charge in [0.05, 0.1) is 111 Å². The van der Waals surface area contributed by atoms with Crippen LogP contribution in [0.15, 0.2) is 29.3 Å². The number of carbonyl (C=O) groups is 1. The van der Waals surface area contributed by atoms with Gasteiger partial charge in [-0.15, -0.1) is 0 Å². The standard InChI is InChI=1S/C22H46N2O9.C9H12N2/c1-2-6-26-8-10-28-12-14-30-16-18-32-20-21-33-19-17-31-15-13-29-11-9-27-7-5-24-22(25)3-4-23;1-7-3-5-9(6-4-7)11-8(2)10/h2-21,23H2,1H3,(H,24,25);3-6H,1-2H3,(H2,10,11). The molecule has 1 aromatic carbocycles. The van der Waals surface area contributed by atoms with E-state index >= 15 is 0 Å². The minimum Gasteiger partial charge on any atom is -0.387 e. The third-order valence-corrected chi connectivity index (χ3v) is 5.23. The van der Waals surface area contributed by atoms with Gasteiger partial charge in [0.25, 0.3) is 0 Å². The number of nitrogens with two attached hydrogens (primary N) is 2. The first kappa shape index (κ1) is 41.8. The van der Waals surface area contributed by atoms with Gasteiger partial charge in [-0.25, -0.2) is 4.99 Å². The molecule has 13 nitrogen and oxygen atoms in total. The van der Waals surface area contributed by atoms with Crippen LogP contribution in [0, 0.1) is 6.92 Å². The molecule has 0 unspecified atom stereocenters. The predicted octanol–water partition coefficient (Wildman–Crippen LogP) is 2.00. The molecule has 0 radical (unpaired) electrons. The van der Waals surface area contributed by atoms with E-state index in [0.29, 0.717) is 124 Å². The predicted molar refractivity (Wildman–Crippen MR) is 172 cm³/mol. The lowest BCUT2D eigenvalue weighted by molar-refractivity contribution is -0.121. The molecule has 13 heteroatoms. The van der Waals surface area contributed by atoms with Crippen molar-refractivity contribution in [3.8, 4) is 0 Å². The van der Waals surface area contributed by atoms with Crippen LogP contribution in [0.5, 0.6) is 0 Å². The quantitative estimate of drug-likeness (QED) is 0.0673. The van der Waals surface area contributed by atoms with Crippen molar-refractivity contribution in [2.45, 2.75) is 33.6 Å². The van der Waals surface area contributed by atoms with Crippen molar-refractivity contribution >= 4 is 17.4 Å². The lowest BCUT2D eigenvalue weighted by Gasteiger charge is -2.09. The molecule has 44 heavy (non-hydrogen) atoms. The minimum atomic E-state index is -0.0577. The number of benzene rings is 1. The Balaban J connectivity index is 0.00000139. The molecule has 256 valence electrons. The van der Waals surface area contributed by atoms with Crippen LogP contribution < -0.4 is 16.8 Å². The highest BCUT2D eigenvalue weighted by atomic mass is 16.6. The Bertz CT molecular complexity index is 782. The molecule has 0 saturated heterocycles. The maximum atomic E-state index is 11.2. The molecule has 0 bridgehead atoms. The van der Waals surface area contributed by atoms with Crippen LogP contribution in [0.4, 0.5) is 5.69 Å². The second-order valence-corrected chi connectivity index (χ2v) is 9.38. The van der Waals surface area contributed by atoms with Crippen LogP contribution in [0.1, 0.15) is 32.3 Å². The van der Waals surface area contributed by atoms with E-state index in [1.54, 1.807) is 6.92 Å². The molecular weight excluding hydrogens is 572 g/mol. The molecule has 1 aromatic rings. The molecule has 0 aliphatic carbocycles. The topological polar surface area (TPSA) is 167 Å². The van der Waals surface area contributed by atoms with Crippen LogP contribution in [0.25, 0.3) is 0 Å². The molecule has 0 atom stereocenters. The lowest BCUT2D eigenvalue weighted by Crippen LogP contribution is -2.29. The maximum Gasteiger partial charge on any atom is 0.221 e. The molecule has 1 rings (SSSR count). The zero-order valence-electron chi connectivity index (χ0n) is 27.2. The fourth-order valence-corrected chi connectivity index (χ4v) is 3.09. The summed E-state index contributed by atoms with van der Waals surface area (Å²) in [7, 11) is 0. The van der Waals surface area contributed by atoms with Gasteiger partial charge in [-0.3, -0.25) is 4.79 Å². The zero-order valence-corrected chi connectivity index (χ0v) is 27.2. The first-order valence-corrected chi connectivity index (χ1v) is 15.5. The number of aryl methyl sites for hydroxylation is 1. The number of nitrogens with zero attached hydrogens (tertiary/aromatic N) is 1. The lowest BCUT2D eigenvalue weighted by atomic mass is 10.2. The Labute approximate surface area is 264 Å². The van der Waals surface area contributed by atoms with Gasteiger partial charge in [-0.05, 0) is 32.4 Å². The number of aliphatic imine (C=N–C) groups is 1. The van der Waals surface area contributed by atoms with E-state index in [1.807, 2.05) is 31.2 Å². The van der Waals surface area contributed by atoms with E-state index in [1.165, 1.54) is 5.56 Å². The van der Waals surface area contributed by atoms with E-state index < -0.39 is 0 Å². The van der Waals surface area contributed by atoms with Crippen LogP contribution >= 0.6 is 0 Å². The van der Waals surface area contributed by atoms with Crippen molar-refractivity contribution in [1.82, 2.24) is 5.32 Å². The van der Waals surface area contributed by atoms with Gasteiger partial charge in [0.2, 0.25) is 5.91 Å². The maximum absolute atomic E-state index is 11.2. The van der Waals surface area contributed by atoms with E-state index in [2.05, 4.69) is 17.2 Å². The minimum absolute atomic E-state index is 0.0577. The molecule has 0 heterocycles. The Morgan fingerprint density at radius 1 is 0.659 bits per heavy atom. The molecule has 0 spiro atoms. The smallest absolute Gasteiger partial charge is 0.221 e. The summed E-state index contributed by atoms with van der Waals surface area (Å²) < 4.78 is 43.1. The van der Waals surface area contributed by atoms with Crippen LogP contribution in [-0.4, -0.2) is 131 Å². The fourth-order valence-electron chi connectivity index (χ4n) is 3.09. The van der Waals surface area contributed by atoms with Crippen molar-refractivity contribution in [2.75, 3.05) is 119 Å². The van der Waals surface area contributed by atoms with Crippen LogP contribution in [-0.2, 0) is 42.7 Å². The molecule has 0 saturated carbocycles. The van der Waals surface area contributed by atoms with Crippen molar-refractivity contribution in [1.29, 1.82) is 0 Å². The second kappa shape index (κ2) is 33.7. The van der Waals surface area contributed by atoms with Crippen molar-refractivity contribution in [2.24, 2.45) is 16.5 Å². The van der Waals surface area contributed by atoms with Crippen LogP contribution in [0.2, 0.25) is 0 Å². The third kappa shape index (κ3) is 32.7. The second-order valence-electron chi connectivity index (χ2n) is 9.38.